The van der Waals surface area contributed by atoms with Gasteiger partial charge in [-0.25, -0.2) is 0 Å². The van der Waals surface area contributed by atoms with Gasteiger partial charge in [0.25, 0.3) is 0 Å². The molecule has 0 aromatic carbocycles. The van der Waals surface area contributed by atoms with Crippen molar-refractivity contribution >= 4 is 5.78 Å². The van der Waals surface area contributed by atoms with Crippen LogP contribution in [0.1, 0.15) is 38.5 Å². The fraction of sp³-hybridized carbons (Fsp3) is 0.700. The van der Waals surface area contributed by atoms with E-state index in [1.165, 1.54) is 0 Å². The number of carbonyl (C=O) groups is 1. The van der Waals surface area contributed by atoms with Crippen LogP contribution in [0.2, 0.25) is 0 Å². The Hall–Kier alpha value is -0.770. The van der Waals surface area contributed by atoms with E-state index in [2.05, 4.69) is 5.92 Å². The summed E-state index contributed by atoms with van der Waals surface area (Å²) >= 11 is 0. The maximum Gasteiger partial charge on any atom is 0.135 e. The lowest BCUT2D eigenvalue weighted by Gasteiger charge is -1.95. The zero-order chi connectivity index (χ0) is 8.10. The van der Waals surface area contributed by atoms with Crippen LogP contribution in [0, 0.1) is 18.3 Å². The SMILES string of the molecule is C#CCCCCC(=O)C1CC1. The number of Topliss-reactive ketones (excluding diaryl/α,β-unsaturated/α-hetero) is 1. The van der Waals surface area contributed by atoms with Crippen molar-refractivity contribution in [2.24, 2.45) is 5.92 Å². The quantitative estimate of drug-likeness (QED) is 0.433. The molecule has 0 aromatic rings. The fourth-order valence-electron chi connectivity index (χ4n) is 1.14. The van der Waals surface area contributed by atoms with E-state index in [-0.39, 0.29) is 0 Å². The summed E-state index contributed by atoms with van der Waals surface area (Å²) in [5.74, 6) is 3.47. The monoisotopic (exact) mass is 150 g/mol. The lowest BCUT2D eigenvalue weighted by molar-refractivity contribution is -0.120. The molecular weight excluding hydrogens is 136 g/mol. The standard InChI is InChI=1S/C10H14O/c1-2-3-4-5-6-10(11)9-7-8-9/h1,9H,3-8H2. The molecule has 0 atom stereocenters. The molecule has 0 saturated heterocycles. The van der Waals surface area contributed by atoms with Gasteiger partial charge in [-0.2, -0.15) is 0 Å². The minimum Gasteiger partial charge on any atom is -0.299 e. The van der Waals surface area contributed by atoms with Crippen molar-refractivity contribution in [3.8, 4) is 12.3 Å². The topological polar surface area (TPSA) is 17.1 Å². The van der Waals surface area contributed by atoms with Gasteiger partial charge in [0.1, 0.15) is 5.78 Å². The Morgan fingerprint density at radius 1 is 1.45 bits per heavy atom. The van der Waals surface area contributed by atoms with E-state index in [4.69, 9.17) is 6.42 Å². The van der Waals surface area contributed by atoms with Crippen LogP contribution < -0.4 is 0 Å². The third-order valence-corrected chi connectivity index (χ3v) is 2.03. The van der Waals surface area contributed by atoms with Gasteiger partial charge in [-0.1, -0.05) is 0 Å². The molecular formula is C10H14O. The molecule has 0 amide bonds. The van der Waals surface area contributed by atoms with Crippen LogP contribution in [0.4, 0.5) is 0 Å². The van der Waals surface area contributed by atoms with Crippen LogP contribution in [-0.4, -0.2) is 5.78 Å². The molecule has 0 N–H and O–H groups in total. The molecule has 1 fully saturated rings. The van der Waals surface area contributed by atoms with Gasteiger partial charge >= 0.3 is 0 Å². The Kier molecular flexibility index (Phi) is 3.16. The summed E-state index contributed by atoms with van der Waals surface area (Å²) in [6.07, 6.45) is 10.9. The van der Waals surface area contributed by atoms with E-state index < -0.39 is 0 Å². The van der Waals surface area contributed by atoms with Crippen molar-refractivity contribution in [3.05, 3.63) is 0 Å². The minimum absolute atomic E-state index is 0.431. The highest BCUT2D eigenvalue weighted by Gasteiger charge is 2.28. The van der Waals surface area contributed by atoms with Crippen LogP contribution in [0.5, 0.6) is 0 Å². The molecule has 1 saturated carbocycles. The maximum atomic E-state index is 11.1. The van der Waals surface area contributed by atoms with Crippen molar-refractivity contribution in [1.82, 2.24) is 0 Å². The largest absolute Gasteiger partial charge is 0.299 e. The molecule has 60 valence electrons. The Morgan fingerprint density at radius 2 is 2.18 bits per heavy atom. The summed E-state index contributed by atoms with van der Waals surface area (Å²) in [5.41, 5.74) is 0. The predicted molar refractivity (Wildman–Crippen MR) is 45.0 cm³/mol. The fourth-order valence-corrected chi connectivity index (χ4v) is 1.14. The number of carbonyl (C=O) groups excluding carboxylic acids is 1. The van der Waals surface area contributed by atoms with Crippen molar-refractivity contribution in [2.45, 2.75) is 38.5 Å². The second-order valence-corrected chi connectivity index (χ2v) is 3.15. The molecule has 1 heteroatoms. The van der Waals surface area contributed by atoms with Gasteiger partial charge in [-0.3, -0.25) is 4.79 Å². The van der Waals surface area contributed by atoms with Gasteiger partial charge in [-0.15, -0.1) is 12.3 Å². The van der Waals surface area contributed by atoms with Crippen LogP contribution in [0.3, 0.4) is 0 Å². The summed E-state index contributed by atoms with van der Waals surface area (Å²) < 4.78 is 0. The van der Waals surface area contributed by atoms with Gasteiger partial charge in [0.05, 0.1) is 0 Å². The first-order valence-corrected chi connectivity index (χ1v) is 4.31. The Labute approximate surface area is 68.2 Å². The van der Waals surface area contributed by atoms with Crippen LogP contribution in [0.25, 0.3) is 0 Å². The van der Waals surface area contributed by atoms with Crippen LogP contribution in [0.15, 0.2) is 0 Å². The number of ketones is 1. The Bertz CT molecular complexity index is 172. The first-order chi connectivity index (χ1) is 5.34. The summed E-state index contributed by atoms with van der Waals surface area (Å²) in [5, 5.41) is 0. The summed E-state index contributed by atoms with van der Waals surface area (Å²) in [6.45, 7) is 0. The highest BCUT2D eigenvalue weighted by atomic mass is 16.1. The lowest BCUT2D eigenvalue weighted by atomic mass is 10.1. The number of terminal acetylenes is 1. The molecule has 1 rings (SSSR count). The second kappa shape index (κ2) is 4.18. The molecule has 1 nitrogen and oxygen atoms in total. The predicted octanol–water partition coefficient (Wildman–Crippen LogP) is 2.16. The average Bonchev–Trinajstić information content (AvgIpc) is 2.79. The molecule has 0 heterocycles. The summed E-state index contributed by atoms with van der Waals surface area (Å²) in [4.78, 5) is 11.1. The molecule has 11 heavy (non-hydrogen) atoms. The molecule has 1 aliphatic rings. The second-order valence-electron chi connectivity index (χ2n) is 3.15. The van der Waals surface area contributed by atoms with Gasteiger partial charge in [0.2, 0.25) is 0 Å². The van der Waals surface area contributed by atoms with Crippen LogP contribution in [-0.2, 0) is 4.79 Å². The van der Waals surface area contributed by atoms with Crippen molar-refractivity contribution in [1.29, 1.82) is 0 Å². The first kappa shape index (κ1) is 8.33. The number of hydrogen-bond acceptors (Lipinski definition) is 1. The van der Waals surface area contributed by atoms with E-state index in [0.717, 1.165) is 38.5 Å². The molecule has 0 bridgehead atoms. The highest BCUT2D eigenvalue weighted by molar-refractivity contribution is 5.82. The molecule has 0 radical (unpaired) electrons. The Balaban J connectivity index is 1.94. The maximum absolute atomic E-state index is 11.1. The van der Waals surface area contributed by atoms with E-state index in [1.54, 1.807) is 0 Å². The van der Waals surface area contributed by atoms with E-state index in [1.807, 2.05) is 0 Å². The summed E-state index contributed by atoms with van der Waals surface area (Å²) in [7, 11) is 0. The number of unbranched alkanes of at least 4 members (excludes halogenated alkanes) is 2. The van der Waals surface area contributed by atoms with Crippen molar-refractivity contribution in [2.75, 3.05) is 0 Å². The summed E-state index contributed by atoms with van der Waals surface area (Å²) in [6, 6.07) is 0. The average molecular weight is 150 g/mol. The molecule has 0 spiro atoms. The van der Waals surface area contributed by atoms with Crippen LogP contribution >= 0.6 is 0 Å². The number of hydrogen-bond donors (Lipinski definition) is 0. The van der Waals surface area contributed by atoms with Gasteiger partial charge in [0, 0.05) is 18.8 Å². The van der Waals surface area contributed by atoms with Crippen molar-refractivity contribution < 1.29 is 4.79 Å². The molecule has 0 aliphatic heterocycles. The van der Waals surface area contributed by atoms with Gasteiger partial charge in [0.15, 0.2) is 0 Å². The number of rotatable bonds is 5. The van der Waals surface area contributed by atoms with E-state index in [9.17, 15) is 4.79 Å². The molecule has 0 aromatic heterocycles. The molecule has 1 aliphatic carbocycles. The highest BCUT2D eigenvalue weighted by Crippen LogP contribution is 2.31. The first-order valence-electron chi connectivity index (χ1n) is 4.31. The van der Waals surface area contributed by atoms with Crippen molar-refractivity contribution in [3.63, 3.8) is 0 Å². The lowest BCUT2D eigenvalue weighted by Crippen LogP contribution is -1.98. The molecule has 0 unspecified atom stereocenters. The van der Waals surface area contributed by atoms with Gasteiger partial charge < -0.3 is 0 Å². The normalized spacial score (nSPS) is 15.9. The third-order valence-electron chi connectivity index (χ3n) is 2.03. The zero-order valence-corrected chi connectivity index (χ0v) is 6.81. The Morgan fingerprint density at radius 3 is 2.73 bits per heavy atom. The van der Waals surface area contributed by atoms with E-state index in [0.29, 0.717) is 11.7 Å². The smallest absolute Gasteiger partial charge is 0.135 e. The minimum atomic E-state index is 0.431. The third kappa shape index (κ3) is 3.23. The van der Waals surface area contributed by atoms with E-state index >= 15 is 0 Å². The zero-order valence-electron chi connectivity index (χ0n) is 6.81. The van der Waals surface area contributed by atoms with Gasteiger partial charge in [-0.05, 0) is 25.7 Å².